The number of anilines is 4. The van der Waals surface area contributed by atoms with Crippen LogP contribution in [0.5, 0.6) is 0 Å². The van der Waals surface area contributed by atoms with Gasteiger partial charge in [-0.1, -0.05) is 196 Å². The van der Waals surface area contributed by atoms with Crippen LogP contribution in [-0.2, 0) is 18.5 Å². The van der Waals surface area contributed by atoms with E-state index in [1.165, 1.54) is 78.4 Å². The first-order valence-corrected chi connectivity index (χ1v) is 20.6. The molecule has 0 saturated heterocycles. The molecule has 286 valence electrons. The highest BCUT2D eigenvalue weighted by Gasteiger charge is 2.36. The third-order valence-electron chi connectivity index (χ3n) is 11.6. The molecule has 0 N–H and O–H groups in total. The minimum Gasteiger partial charge on any atom is -0.337 e. The maximum Gasteiger partial charge on any atom is 0.0481 e. The fourth-order valence-electron chi connectivity index (χ4n) is 8.29. The Morgan fingerprint density at radius 2 is 0.644 bits per heavy atom. The summed E-state index contributed by atoms with van der Waals surface area (Å²) in [4.78, 5) is 4.90. The van der Waals surface area contributed by atoms with Crippen molar-refractivity contribution in [2.75, 3.05) is 9.80 Å². The van der Waals surface area contributed by atoms with Crippen molar-refractivity contribution in [3.8, 4) is 11.1 Å². The molecule has 0 saturated carbocycles. The molecule has 0 aliphatic heterocycles. The topological polar surface area (TPSA) is 6.48 Å². The van der Waals surface area contributed by atoms with E-state index in [1.807, 2.05) is 0 Å². The molecular formula is C57H48N2. The van der Waals surface area contributed by atoms with Gasteiger partial charge in [0.2, 0.25) is 0 Å². The summed E-state index contributed by atoms with van der Waals surface area (Å²) in [5.41, 5.74) is 17.1. The van der Waals surface area contributed by atoms with Crippen molar-refractivity contribution in [3.63, 3.8) is 0 Å². The fraction of sp³-hybridized carbons (Fsp3) is 0.0877. The predicted molar refractivity (Wildman–Crippen MR) is 252 cm³/mol. The molecule has 1 aliphatic carbocycles. The zero-order chi connectivity index (χ0) is 40.0. The van der Waals surface area contributed by atoms with Gasteiger partial charge >= 0.3 is 0 Å². The van der Waals surface area contributed by atoms with E-state index in [0.29, 0.717) is 0 Å². The average Bonchev–Trinajstić information content (AvgIpc) is 3.52. The number of hydrogen-bond donors (Lipinski definition) is 0. The lowest BCUT2D eigenvalue weighted by Crippen LogP contribution is -2.20. The van der Waals surface area contributed by atoms with Crippen LogP contribution in [0.4, 0.5) is 22.7 Å². The van der Waals surface area contributed by atoms with E-state index in [2.05, 4.69) is 254 Å². The van der Waals surface area contributed by atoms with Crippen LogP contribution in [0.2, 0.25) is 0 Å². The molecule has 0 atom stereocenters. The van der Waals surface area contributed by atoms with Gasteiger partial charge in [-0.15, -0.1) is 0 Å². The quantitative estimate of drug-likeness (QED) is 0.114. The molecular weight excluding hydrogens is 713 g/mol. The van der Waals surface area contributed by atoms with Crippen LogP contribution in [0.25, 0.3) is 35.4 Å². The molecule has 0 radical (unpaired) electrons. The van der Waals surface area contributed by atoms with Crippen LogP contribution in [0.15, 0.2) is 206 Å². The van der Waals surface area contributed by atoms with Gasteiger partial charge in [-0.2, -0.15) is 0 Å². The molecule has 2 heteroatoms. The minimum atomic E-state index is -0.203. The molecule has 0 heterocycles. The molecule has 1 aliphatic rings. The summed E-state index contributed by atoms with van der Waals surface area (Å²) in [6, 6.07) is 74.5. The first-order valence-electron chi connectivity index (χ1n) is 20.6. The monoisotopic (exact) mass is 760 g/mol. The van der Waals surface area contributed by atoms with E-state index in [1.54, 1.807) is 0 Å². The van der Waals surface area contributed by atoms with Gasteiger partial charge in [-0.3, -0.25) is 0 Å². The summed E-state index contributed by atoms with van der Waals surface area (Å²) in [6.07, 6.45) is 8.71. The maximum atomic E-state index is 2.45. The van der Waals surface area contributed by atoms with Crippen LogP contribution in [0.1, 0.15) is 58.4 Å². The van der Waals surface area contributed by atoms with Gasteiger partial charge in [0, 0.05) is 41.3 Å². The van der Waals surface area contributed by atoms with E-state index in [9.17, 15) is 0 Å². The highest BCUT2D eigenvalue weighted by Crippen LogP contribution is 2.51. The Labute approximate surface area is 349 Å². The van der Waals surface area contributed by atoms with Gasteiger partial charge in [0.1, 0.15) is 0 Å². The number of nitrogens with zero attached hydrogens (tertiary/aromatic N) is 2. The van der Waals surface area contributed by atoms with Crippen molar-refractivity contribution < 1.29 is 0 Å². The zero-order valence-electron chi connectivity index (χ0n) is 33.7. The van der Waals surface area contributed by atoms with Crippen molar-refractivity contribution in [3.05, 3.63) is 251 Å². The summed E-state index contributed by atoms with van der Waals surface area (Å²) < 4.78 is 0. The summed E-state index contributed by atoms with van der Waals surface area (Å²) in [5.74, 6) is 0. The lowest BCUT2D eigenvalue weighted by atomic mass is 9.82. The van der Waals surface area contributed by atoms with Crippen LogP contribution >= 0.6 is 0 Å². The average molecular weight is 761 g/mol. The predicted octanol–water partition coefficient (Wildman–Crippen LogP) is 15.0. The number of fused-ring (bicyclic) bond motifs is 3. The van der Waals surface area contributed by atoms with Gasteiger partial charge in [0.25, 0.3) is 0 Å². The molecule has 0 aromatic heterocycles. The Balaban J connectivity index is 1.03. The van der Waals surface area contributed by atoms with Gasteiger partial charge < -0.3 is 9.80 Å². The molecule has 0 spiro atoms. The Morgan fingerprint density at radius 1 is 0.339 bits per heavy atom. The van der Waals surface area contributed by atoms with Crippen molar-refractivity contribution >= 4 is 47.1 Å². The second-order valence-corrected chi connectivity index (χ2v) is 15.9. The van der Waals surface area contributed by atoms with Gasteiger partial charge in [0.15, 0.2) is 0 Å². The van der Waals surface area contributed by atoms with E-state index < -0.39 is 0 Å². The molecule has 8 aromatic carbocycles. The van der Waals surface area contributed by atoms with Crippen molar-refractivity contribution in [1.82, 2.24) is 0 Å². The fourth-order valence-corrected chi connectivity index (χ4v) is 8.29. The molecule has 0 unspecified atom stereocenters. The minimum absolute atomic E-state index is 0.203. The number of benzene rings is 8. The molecule has 9 rings (SSSR count). The van der Waals surface area contributed by atoms with Crippen LogP contribution in [0.3, 0.4) is 0 Å². The van der Waals surface area contributed by atoms with Gasteiger partial charge in [0.05, 0.1) is 0 Å². The summed E-state index contributed by atoms with van der Waals surface area (Å²) >= 11 is 0. The molecule has 0 amide bonds. The van der Waals surface area contributed by atoms with Gasteiger partial charge in [-0.05, 0) is 104 Å². The summed E-state index contributed by atoms with van der Waals surface area (Å²) in [7, 11) is 0. The maximum absolute atomic E-state index is 2.45. The van der Waals surface area contributed by atoms with Crippen molar-refractivity contribution in [2.24, 2.45) is 0 Å². The lowest BCUT2D eigenvalue weighted by Gasteiger charge is -2.29. The standard InChI is InChI=1S/C57H48N2/c1-57(2)55-39-51(58(41-47-19-11-5-12-20-47)49-31-27-45(28-32-49)25-23-43-15-7-3-8-16-43)35-37-53(55)54-38-36-52(40-56(54)57)59(42-48-21-13-6-14-22-48)50-33-29-46(30-34-50)26-24-44-17-9-4-10-18-44/h3-40H,41-42H2,1-2H3/b25-23+,26-24+. The zero-order valence-corrected chi connectivity index (χ0v) is 33.7. The first kappa shape index (κ1) is 37.4. The van der Waals surface area contributed by atoms with E-state index >= 15 is 0 Å². The van der Waals surface area contributed by atoms with E-state index in [-0.39, 0.29) is 5.41 Å². The van der Waals surface area contributed by atoms with Crippen LogP contribution in [-0.4, -0.2) is 0 Å². The summed E-state index contributed by atoms with van der Waals surface area (Å²) in [6.45, 7) is 6.31. The molecule has 2 nitrogen and oxygen atoms in total. The third kappa shape index (κ3) is 8.30. The lowest BCUT2D eigenvalue weighted by molar-refractivity contribution is 0.660. The highest BCUT2D eigenvalue weighted by molar-refractivity contribution is 5.86. The molecule has 0 fully saturated rings. The SMILES string of the molecule is CC1(C)c2cc(N(Cc3ccccc3)c3ccc(/C=C/c4ccccc4)cc3)ccc2-c2ccc(N(Cc3ccccc3)c3ccc(/C=C/c4ccccc4)cc3)cc21. The third-order valence-corrected chi connectivity index (χ3v) is 11.6. The summed E-state index contributed by atoms with van der Waals surface area (Å²) in [5, 5.41) is 0. The first-order chi connectivity index (χ1) is 29.0. The molecule has 8 aromatic rings. The molecule has 59 heavy (non-hydrogen) atoms. The Bertz CT molecular complexity index is 2510. The van der Waals surface area contributed by atoms with Crippen LogP contribution < -0.4 is 9.80 Å². The number of hydrogen-bond acceptors (Lipinski definition) is 2. The largest absolute Gasteiger partial charge is 0.337 e. The Kier molecular flexibility index (Phi) is 10.6. The second kappa shape index (κ2) is 16.7. The van der Waals surface area contributed by atoms with E-state index in [0.717, 1.165) is 13.1 Å². The highest BCUT2D eigenvalue weighted by atomic mass is 15.1. The Hall–Kier alpha value is -7.16. The normalized spacial score (nSPS) is 12.7. The number of rotatable bonds is 12. The molecule has 0 bridgehead atoms. The van der Waals surface area contributed by atoms with Crippen molar-refractivity contribution in [1.29, 1.82) is 0 Å². The van der Waals surface area contributed by atoms with E-state index in [4.69, 9.17) is 0 Å². The Morgan fingerprint density at radius 3 is 1.00 bits per heavy atom. The van der Waals surface area contributed by atoms with Crippen molar-refractivity contribution in [2.45, 2.75) is 32.4 Å². The smallest absolute Gasteiger partial charge is 0.0481 e. The van der Waals surface area contributed by atoms with Gasteiger partial charge in [-0.25, -0.2) is 0 Å². The second-order valence-electron chi connectivity index (χ2n) is 15.9. The van der Waals surface area contributed by atoms with Crippen LogP contribution in [0, 0.1) is 0 Å².